The largest absolute Gasteiger partial charge is 0.334 e. The van der Waals surface area contributed by atoms with Gasteiger partial charge in [0.05, 0.1) is 0 Å². The summed E-state index contributed by atoms with van der Waals surface area (Å²) < 4.78 is 27.9. The minimum absolute atomic E-state index is 0.0560. The van der Waals surface area contributed by atoms with Gasteiger partial charge >= 0.3 is 0 Å². The maximum Gasteiger partial charge on any atom is 0.259 e. The van der Waals surface area contributed by atoms with E-state index in [4.69, 9.17) is 6.42 Å². The summed E-state index contributed by atoms with van der Waals surface area (Å²) in [4.78, 5) is 4.04. The van der Waals surface area contributed by atoms with Crippen LogP contribution in [0.25, 0.3) is 0 Å². The number of terminal acetylenes is 1. The number of nitrogens with zero attached hydrogens (tertiary/aromatic N) is 2. The van der Waals surface area contributed by atoms with Crippen molar-refractivity contribution in [3.63, 3.8) is 0 Å². The zero-order chi connectivity index (χ0) is 12.9. The Balaban J connectivity index is 2.85. The highest BCUT2D eigenvalue weighted by Gasteiger charge is 2.18. The van der Waals surface area contributed by atoms with Gasteiger partial charge in [-0.05, 0) is 13.3 Å². The molecule has 0 saturated carbocycles. The van der Waals surface area contributed by atoms with E-state index in [0.717, 1.165) is 13.0 Å². The van der Waals surface area contributed by atoms with Gasteiger partial charge in [0.2, 0.25) is 0 Å². The van der Waals surface area contributed by atoms with E-state index in [9.17, 15) is 8.42 Å². The first-order chi connectivity index (χ1) is 8.01. The lowest BCUT2D eigenvalue weighted by atomic mass is 10.5. The van der Waals surface area contributed by atoms with Crippen LogP contribution in [0.5, 0.6) is 0 Å². The summed E-state index contributed by atoms with van der Waals surface area (Å²) in [5, 5.41) is 0.0560. The summed E-state index contributed by atoms with van der Waals surface area (Å²) >= 11 is 0. The molecule has 1 aromatic heterocycles. The second-order valence-electron chi connectivity index (χ2n) is 3.67. The van der Waals surface area contributed by atoms with E-state index in [0.29, 0.717) is 12.2 Å². The van der Waals surface area contributed by atoms with Crippen molar-refractivity contribution in [2.45, 2.75) is 38.3 Å². The van der Waals surface area contributed by atoms with Crippen LogP contribution in [0.3, 0.4) is 0 Å². The van der Waals surface area contributed by atoms with Gasteiger partial charge in [-0.25, -0.2) is 18.1 Å². The van der Waals surface area contributed by atoms with Gasteiger partial charge in [0.1, 0.15) is 5.82 Å². The fourth-order valence-corrected chi connectivity index (χ4v) is 2.44. The van der Waals surface area contributed by atoms with Gasteiger partial charge in [-0.1, -0.05) is 6.92 Å². The standard InChI is InChI=1S/C11H17N3O2S/c1-4-6-7-12-17(15,16)11-9-14(8-5-2)10(3)13-11/h1,9,12H,5-8H2,2-3H3. The average Bonchev–Trinajstić information content (AvgIpc) is 2.62. The Morgan fingerprint density at radius 1 is 1.59 bits per heavy atom. The molecule has 17 heavy (non-hydrogen) atoms. The predicted molar refractivity (Wildman–Crippen MR) is 65.9 cm³/mol. The maximum atomic E-state index is 11.8. The molecule has 0 atom stereocenters. The molecule has 1 rings (SSSR count). The van der Waals surface area contributed by atoms with Crippen LogP contribution in [0, 0.1) is 19.3 Å². The zero-order valence-corrected chi connectivity index (χ0v) is 10.9. The number of sulfonamides is 1. The minimum atomic E-state index is -3.53. The molecule has 0 saturated heterocycles. The Hall–Kier alpha value is -1.32. The van der Waals surface area contributed by atoms with Crippen molar-refractivity contribution in [3.8, 4) is 12.3 Å². The number of hydrogen-bond acceptors (Lipinski definition) is 3. The van der Waals surface area contributed by atoms with Crippen LogP contribution in [0.4, 0.5) is 0 Å². The average molecular weight is 255 g/mol. The number of hydrogen-bond donors (Lipinski definition) is 1. The molecule has 0 radical (unpaired) electrons. The molecule has 0 unspecified atom stereocenters. The summed E-state index contributed by atoms with van der Waals surface area (Å²) in [6.07, 6.45) is 7.91. The van der Waals surface area contributed by atoms with E-state index in [1.165, 1.54) is 0 Å². The van der Waals surface area contributed by atoms with Gasteiger partial charge in [0.15, 0.2) is 5.03 Å². The molecule has 6 heteroatoms. The summed E-state index contributed by atoms with van der Waals surface area (Å²) in [6, 6.07) is 0. The highest BCUT2D eigenvalue weighted by Crippen LogP contribution is 2.09. The first-order valence-corrected chi connectivity index (χ1v) is 6.96. The molecular formula is C11H17N3O2S. The molecule has 0 bridgehead atoms. The molecule has 94 valence electrons. The van der Waals surface area contributed by atoms with Gasteiger partial charge in [0.25, 0.3) is 10.0 Å². The van der Waals surface area contributed by atoms with Crippen LogP contribution in [0.2, 0.25) is 0 Å². The number of aryl methyl sites for hydroxylation is 2. The van der Waals surface area contributed by atoms with Crippen LogP contribution in [0.15, 0.2) is 11.2 Å². The highest BCUT2D eigenvalue weighted by molar-refractivity contribution is 7.89. The second-order valence-corrected chi connectivity index (χ2v) is 5.39. The number of imidazole rings is 1. The second kappa shape index (κ2) is 5.84. The third-order valence-corrected chi connectivity index (χ3v) is 3.59. The molecule has 0 fully saturated rings. The quantitative estimate of drug-likeness (QED) is 0.607. The summed E-state index contributed by atoms with van der Waals surface area (Å²) in [6.45, 7) is 4.81. The predicted octanol–water partition coefficient (Wildman–Crippen LogP) is 0.903. The van der Waals surface area contributed by atoms with Crippen LogP contribution in [-0.2, 0) is 16.6 Å². The number of rotatable bonds is 6. The molecule has 0 amide bonds. The van der Waals surface area contributed by atoms with Crippen LogP contribution in [-0.4, -0.2) is 24.5 Å². The van der Waals surface area contributed by atoms with Gasteiger partial charge in [0, 0.05) is 25.7 Å². The van der Waals surface area contributed by atoms with E-state index < -0.39 is 10.0 Å². The van der Waals surface area contributed by atoms with Gasteiger partial charge in [-0.2, -0.15) is 0 Å². The summed E-state index contributed by atoms with van der Waals surface area (Å²) in [5.74, 6) is 3.07. The van der Waals surface area contributed by atoms with E-state index in [2.05, 4.69) is 15.6 Å². The van der Waals surface area contributed by atoms with Crippen LogP contribution in [0.1, 0.15) is 25.6 Å². The lowest BCUT2D eigenvalue weighted by Gasteiger charge is -2.01. The lowest BCUT2D eigenvalue weighted by molar-refractivity contribution is 0.578. The van der Waals surface area contributed by atoms with E-state index >= 15 is 0 Å². The van der Waals surface area contributed by atoms with Crippen molar-refractivity contribution >= 4 is 10.0 Å². The van der Waals surface area contributed by atoms with Gasteiger partial charge in [-0.15, -0.1) is 12.3 Å². The molecule has 0 aliphatic carbocycles. The smallest absolute Gasteiger partial charge is 0.259 e. The Kier molecular flexibility index (Phi) is 4.73. The van der Waals surface area contributed by atoms with Crippen molar-refractivity contribution in [2.75, 3.05) is 6.54 Å². The molecule has 1 N–H and O–H groups in total. The molecule has 1 heterocycles. The van der Waals surface area contributed by atoms with Gasteiger partial charge in [-0.3, -0.25) is 0 Å². The molecule has 0 aliphatic rings. The third kappa shape index (κ3) is 3.58. The molecule has 0 aliphatic heterocycles. The Morgan fingerprint density at radius 3 is 2.88 bits per heavy atom. The van der Waals surface area contributed by atoms with Crippen molar-refractivity contribution < 1.29 is 8.42 Å². The lowest BCUT2D eigenvalue weighted by Crippen LogP contribution is -2.24. The monoisotopic (exact) mass is 255 g/mol. The molecular weight excluding hydrogens is 238 g/mol. The fraction of sp³-hybridized carbons (Fsp3) is 0.545. The maximum absolute atomic E-state index is 11.8. The van der Waals surface area contributed by atoms with Crippen molar-refractivity contribution in [3.05, 3.63) is 12.0 Å². The van der Waals surface area contributed by atoms with Crippen LogP contribution < -0.4 is 4.72 Å². The Bertz CT molecular complexity index is 511. The molecule has 5 nitrogen and oxygen atoms in total. The first-order valence-electron chi connectivity index (χ1n) is 5.48. The zero-order valence-electron chi connectivity index (χ0n) is 10.1. The van der Waals surface area contributed by atoms with E-state index in [1.807, 2.05) is 11.5 Å². The van der Waals surface area contributed by atoms with E-state index in [-0.39, 0.29) is 11.6 Å². The minimum Gasteiger partial charge on any atom is -0.334 e. The first kappa shape index (κ1) is 13.7. The molecule has 0 spiro atoms. The molecule has 0 aromatic carbocycles. The Labute approximate surface area is 102 Å². The van der Waals surface area contributed by atoms with Crippen molar-refractivity contribution in [2.24, 2.45) is 0 Å². The van der Waals surface area contributed by atoms with E-state index in [1.54, 1.807) is 13.1 Å². The molecule has 1 aromatic rings. The normalized spacial score (nSPS) is 11.4. The third-order valence-electron chi connectivity index (χ3n) is 2.26. The topological polar surface area (TPSA) is 64.0 Å². The fourth-order valence-electron chi connectivity index (χ4n) is 1.41. The summed E-state index contributed by atoms with van der Waals surface area (Å²) in [5.41, 5.74) is 0. The van der Waals surface area contributed by atoms with Crippen molar-refractivity contribution in [1.82, 2.24) is 14.3 Å². The van der Waals surface area contributed by atoms with Crippen molar-refractivity contribution in [1.29, 1.82) is 0 Å². The highest BCUT2D eigenvalue weighted by atomic mass is 32.2. The van der Waals surface area contributed by atoms with Crippen LogP contribution >= 0.6 is 0 Å². The number of nitrogens with one attached hydrogen (secondary N) is 1. The number of aromatic nitrogens is 2. The summed E-state index contributed by atoms with van der Waals surface area (Å²) in [7, 11) is -3.53. The SMILES string of the molecule is C#CCCNS(=O)(=O)c1cn(CCC)c(C)n1. The van der Waals surface area contributed by atoms with Gasteiger partial charge < -0.3 is 4.57 Å². The Morgan fingerprint density at radius 2 is 2.29 bits per heavy atom.